The van der Waals surface area contributed by atoms with Crippen molar-refractivity contribution in [3.05, 3.63) is 142 Å². The molecule has 6 aromatic rings. The Bertz CT molecular complexity index is 2030. The molecule has 0 saturated heterocycles. The van der Waals surface area contributed by atoms with Crippen LogP contribution in [0.2, 0.25) is 0 Å². The largest absolute Gasteiger partial charge is 0.497 e. The van der Waals surface area contributed by atoms with Crippen molar-refractivity contribution in [1.82, 2.24) is 4.57 Å². The molecule has 0 aliphatic carbocycles. The fourth-order valence-corrected chi connectivity index (χ4v) is 5.23. The molecule has 0 fully saturated rings. The van der Waals surface area contributed by atoms with Gasteiger partial charge >= 0.3 is 0 Å². The van der Waals surface area contributed by atoms with Crippen molar-refractivity contribution in [2.75, 3.05) is 14.2 Å². The highest BCUT2D eigenvalue weighted by Crippen LogP contribution is 2.32. The SMILES string of the molecule is COc1ccc2cc(C#Cc3cc(-c4ccc5cc(OC)ccc5c4)n(Cc4ccccc4)c3CN=[N+]=[N-])ccc2c1. The summed E-state index contributed by atoms with van der Waals surface area (Å²) in [5.74, 6) is 8.40. The third-order valence-electron chi connectivity index (χ3n) is 7.41. The van der Waals surface area contributed by atoms with Gasteiger partial charge in [0.05, 0.1) is 20.8 Å². The number of methoxy groups -OCH3 is 2. The van der Waals surface area contributed by atoms with Gasteiger partial charge in [0, 0.05) is 34.0 Å². The molecule has 204 valence electrons. The molecule has 6 nitrogen and oxygen atoms in total. The summed E-state index contributed by atoms with van der Waals surface area (Å²) < 4.78 is 13.0. The summed E-state index contributed by atoms with van der Waals surface area (Å²) in [5.41, 5.74) is 15.0. The quantitative estimate of drug-likeness (QED) is 0.0866. The van der Waals surface area contributed by atoms with E-state index in [0.29, 0.717) is 6.54 Å². The summed E-state index contributed by atoms with van der Waals surface area (Å²) in [6.45, 7) is 0.808. The van der Waals surface area contributed by atoms with Gasteiger partial charge in [0.25, 0.3) is 0 Å². The van der Waals surface area contributed by atoms with Gasteiger partial charge in [-0.2, -0.15) is 0 Å². The van der Waals surface area contributed by atoms with Crippen molar-refractivity contribution < 1.29 is 9.47 Å². The van der Waals surface area contributed by atoms with Crippen LogP contribution in [-0.4, -0.2) is 18.8 Å². The number of azide groups is 1. The molecule has 0 spiro atoms. The number of hydrogen-bond acceptors (Lipinski definition) is 3. The van der Waals surface area contributed by atoms with E-state index in [9.17, 15) is 5.53 Å². The highest BCUT2D eigenvalue weighted by atomic mass is 16.5. The third kappa shape index (κ3) is 5.51. The van der Waals surface area contributed by atoms with Crippen LogP contribution in [0.4, 0.5) is 0 Å². The number of hydrogen-bond donors (Lipinski definition) is 0. The van der Waals surface area contributed by atoms with E-state index < -0.39 is 0 Å². The average molecular weight is 549 g/mol. The number of rotatable bonds is 7. The first-order chi connectivity index (χ1) is 20.6. The zero-order valence-electron chi connectivity index (χ0n) is 23.4. The molecule has 0 amide bonds. The summed E-state index contributed by atoms with van der Waals surface area (Å²) in [6.07, 6.45) is 0. The summed E-state index contributed by atoms with van der Waals surface area (Å²) >= 11 is 0. The van der Waals surface area contributed by atoms with Crippen molar-refractivity contribution in [3.63, 3.8) is 0 Å². The van der Waals surface area contributed by atoms with E-state index >= 15 is 0 Å². The normalized spacial score (nSPS) is 10.6. The molecule has 42 heavy (non-hydrogen) atoms. The van der Waals surface area contributed by atoms with E-state index in [1.807, 2.05) is 54.6 Å². The zero-order valence-corrected chi connectivity index (χ0v) is 23.4. The number of fused-ring (bicyclic) bond motifs is 2. The first-order valence-electron chi connectivity index (χ1n) is 13.6. The number of aromatic nitrogens is 1. The van der Waals surface area contributed by atoms with E-state index in [0.717, 1.165) is 66.7 Å². The minimum atomic E-state index is 0.190. The standard InChI is InChI=1S/C36H28N4O2/c1-41-33-16-14-27-18-25(8-10-29(27)20-33)9-11-32-22-35(31-13-12-30-21-34(42-2)17-15-28(30)19-31)40(36(32)23-38-39-37)24-26-6-4-3-5-7-26/h3-8,10,12-22H,23-24H2,1-2H3. The second-order valence-corrected chi connectivity index (χ2v) is 9.96. The fraction of sp³-hybridized carbons (Fsp3) is 0.111. The van der Waals surface area contributed by atoms with Gasteiger partial charge in [-0.15, -0.1) is 0 Å². The van der Waals surface area contributed by atoms with Crippen LogP contribution in [0.25, 0.3) is 43.2 Å². The summed E-state index contributed by atoms with van der Waals surface area (Å²) in [4.78, 5) is 3.07. The van der Waals surface area contributed by atoms with Crippen molar-refractivity contribution in [2.24, 2.45) is 5.11 Å². The van der Waals surface area contributed by atoms with Crippen molar-refractivity contribution in [3.8, 4) is 34.6 Å². The predicted octanol–water partition coefficient (Wildman–Crippen LogP) is 8.74. The first-order valence-corrected chi connectivity index (χ1v) is 13.6. The monoisotopic (exact) mass is 548 g/mol. The maximum atomic E-state index is 9.22. The lowest BCUT2D eigenvalue weighted by molar-refractivity contribution is 0.415. The van der Waals surface area contributed by atoms with Gasteiger partial charge in [-0.3, -0.25) is 0 Å². The van der Waals surface area contributed by atoms with E-state index in [4.69, 9.17) is 9.47 Å². The number of ether oxygens (including phenoxy) is 2. The van der Waals surface area contributed by atoms with Crippen LogP contribution < -0.4 is 9.47 Å². The van der Waals surface area contributed by atoms with E-state index in [2.05, 4.69) is 81.0 Å². The molecule has 5 aromatic carbocycles. The molecule has 0 bridgehead atoms. The molecule has 6 heteroatoms. The lowest BCUT2D eigenvalue weighted by atomic mass is 10.0. The van der Waals surface area contributed by atoms with Gasteiger partial charge in [-0.05, 0) is 86.7 Å². The molecule has 0 saturated carbocycles. The van der Waals surface area contributed by atoms with Gasteiger partial charge in [0.15, 0.2) is 0 Å². The minimum absolute atomic E-state index is 0.190. The van der Waals surface area contributed by atoms with Crippen LogP contribution in [0.3, 0.4) is 0 Å². The maximum absolute atomic E-state index is 9.22. The molecule has 0 unspecified atom stereocenters. The minimum Gasteiger partial charge on any atom is -0.497 e. The molecular formula is C36H28N4O2. The Kier molecular flexibility index (Phi) is 7.50. The third-order valence-corrected chi connectivity index (χ3v) is 7.41. The summed E-state index contributed by atoms with van der Waals surface area (Å²) in [6, 6.07) is 37.0. The van der Waals surface area contributed by atoms with Crippen LogP contribution in [-0.2, 0) is 13.1 Å². The Labute approximate surface area is 244 Å². The van der Waals surface area contributed by atoms with Gasteiger partial charge in [0.2, 0.25) is 0 Å². The number of benzene rings is 5. The topological polar surface area (TPSA) is 72.2 Å². The predicted molar refractivity (Wildman–Crippen MR) is 169 cm³/mol. The van der Waals surface area contributed by atoms with Gasteiger partial charge in [-0.1, -0.05) is 77.6 Å². The molecule has 0 radical (unpaired) electrons. The molecule has 0 N–H and O–H groups in total. The second-order valence-electron chi connectivity index (χ2n) is 9.96. The Morgan fingerprint density at radius 2 is 1.36 bits per heavy atom. The molecule has 1 heterocycles. The van der Waals surface area contributed by atoms with Crippen LogP contribution in [0.15, 0.2) is 114 Å². The zero-order chi connectivity index (χ0) is 28.9. The van der Waals surface area contributed by atoms with Crippen LogP contribution in [0.1, 0.15) is 22.4 Å². The van der Waals surface area contributed by atoms with E-state index in [1.165, 1.54) is 0 Å². The van der Waals surface area contributed by atoms with Crippen molar-refractivity contribution in [2.45, 2.75) is 13.1 Å². The maximum Gasteiger partial charge on any atom is 0.119 e. The lowest BCUT2D eigenvalue weighted by Crippen LogP contribution is -2.06. The smallest absolute Gasteiger partial charge is 0.119 e. The van der Waals surface area contributed by atoms with Crippen LogP contribution >= 0.6 is 0 Å². The van der Waals surface area contributed by atoms with Crippen LogP contribution in [0.5, 0.6) is 11.5 Å². The number of nitrogens with zero attached hydrogens (tertiary/aromatic N) is 4. The first kappa shape index (κ1) is 26.6. The fourth-order valence-electron chi connectivity index (χ4n) is 5.23. The molecule has 0 aliphatic rings. The Morgan fingerprint density at radius 3 is 2.05 bits per heavy atom. The van der Waals surface area contributed by atoms with Gasteiger partial charge in [-0.25, -0.2) is 0 Å². The highest BCUT2D eigenvalue weighted by Gasteiger charge is 2.16. The Hall–Kier alpha value is -5.63. The lowest BCUT2D eigenvalue weighted by Gasteiger charge is -2.14. The Balaban J connectivity index is 1.48. The van der Waals surface area contributed by atoms with E-state index in [1.54, 1.807) is 14.2 Å². The molecule has 6 rings (SSSR count). The highest BCUT2D eigenvalue weighted by molar-refractivity contribution is 5.88. The summed E-state index contributed by atoms with van der Waals surface area (Å²) in [7, 11) is 3.34. The molecule has 0 atom stereocenters. The molecule has 1 aromatic heterocycles. The molecule has 0 aliphatic heterocycles. The van der Waals surface area contributed by atoms with Gasteiger partial charge in [0.1, 0.15) is 11.5 Å². The van der Waals surface area contributed by atoms with Gasteiger partial charge < -0.3 is 14.0 Å². The van der Waals surface area contributed by atoms with E-state index in [-0.39, 0.29) is 6.54 Å². The van der Waals surface area contributed by atoms with Crippen molar-refractivity contribution >= 4 is 21.5 Å². The Morgan fingerprint density at radius 1 is 0.714 bits per heavy atom. The molecular weight excluding hydrogens is 520 g/mol. The van der Waals surface area contributed by atoms with Crippen molar-refractivity contribution in [1.29, 1.82) is 0 Å². The van der Waals surface area contributed by atoms with Crippen LogP contribution in [0, 0.1) is 11.8 Å². The second kappa shape index (κ2) is 11.9. The summed E-state index contributed by atoms with van der Waals surface area (Å²) in [5, 5.41) is 8.35. The average Bonchev–Trinajstić information content (AvgIpc) is 3.38.